The van der Waals surface area contributed by atoms with Crippen molar-refractivity contribution in [3.05, 3.63) is 59.7 Å². The fraction of sp³-hybridized carbons (Fsp3) is 0.318. The highest BCUT2D eigenvalue weighted by Gasteiger charge is 2.31. The van der Waals surface area contributed by atoms with Gasteiger partial charge in [-0.05, 0) is 29.2 Å². The zero-order valence-corrected chi connectivity index (χ0v) is 17.2. The number of hydroxylamine groups is 1. The van der Waals surface area contributed by atoms with E-state index in [1.807, 2.05) is 54.0 Å². The molecule has 0 radical (unpaired) electrons. The highest BCUT2D eigenvalue weighted by atomic mass is 16.7. The van der Waals surface area contributed by atoms with E-state index in [2.05, 4.69) is 10.2 Å². The van der Waals surface area contributed by atoms with Crippen molar-refractivity contribution in [2.75, 3.05) is 20.3 Å². The van der Waals surface area contributed by atoms with Crippen LogP contribution in [0.4, 0.5) is 4.79 Å². The lowest BCUT2D eigenvalue weighted by molar-refractivity contribution is -0.151. The molecule has 0 spiro atoms. The number of carboxylic acids is 1. The fourth-order valence-corrected chi connectivity index (χ4v) is 3.53. The number of carbonyl (C=O) groups excluding carboxylic acids is 2. The molecule has 2 atom stereocenters. The first-order valence-corrected chi connectivity index (χ1v) is 9.70. The van der Waals surface area contributed by atoms with E-state index in [0.29, 0.717) is 0 Å². The number of rotatable bonds is 9. The molecular formula is C22H24N2O7. The van der Waals surface area contributed by atoms with Gasteiger partial charge in [0.05, 0.1) is 6.10 Å². The van der Waals surface area contributed by atoms with E-state index in [1.165, 1.54) is 7.11 Å². The third-order valence-electron chi connectivity index (χ3n) is 5.11. The molecule has 2 aromatic carbocycles. The van der Waals surface area contributed by atoms with Crippen LogP contribution in [0.1, 0.15) is 24.0 Å². The first-order chi connectivity index (χ1) is 14.9. The monoisotopic (exact) mass is 428 g/mol. The highest BCUT2D eigenvalue weighted by Crippen LogP contribution is 2.44. The van der Waals surface area contributed by atoms with Crippen LogP contribution in [0.15, 0.2) is 48.5 Å². The van der Waals surface area contributed by atoms with Gasteiger partial charge in [0.25, 0.3) is 5.91 Å². The summed E-state index contributed by atoms with van der Waals surface area (Å²) in [7, 11) is 1.38. The van der Waals surface area contributed by atoms with Crippen LogP contribution in [0, 0.1) is 0 Å². The largest absolute Gasteiger partial charge is 0.479 e. The maximum Gasteiger partial charge on any atom is 0.407 e. The van der Waals surface area contributed by atoms with Crippen LogP contribution in [-0.2, 0) is 23.9 Å². The lowest BCUT2D eigenvalue weighted by Gasteiger charge is -2.23. The molecule has 0 heterocycles. The van der Waals surface area contributed by atoms with Gasteiger partial charge in [0.1, 0.15) is 12.6 Å². The molecular weight excluding hydrogens is 404 g/mol. The summed E-state index contributed by atoms with van der Waals surface area (Å²) in [6.07, 6.45) is -1.52. The summed E-state index contributed by atoms with van der Waals surface area (Å²) in [6.45, 7) is 0.945. The Labute approximate surface area is 179 Å². The molecule has 0 aromatic heterocycles. The molecule has 3 N–H and O–H groups in total. The van der Waals surface area contributed by atoms with Gasteiger partial charge in [-0.25, -0.2) is 15.1 Å². The number of amides is 2. The minimum absolute atomic E-state index is 0.0884. The smallest absolute Gasteiger partial charge is 0.407 e. The number of benzene rings is 2. The van der Waals surface area contributed by atoms with Crippen molar-refractivity contribution in [2.45, 2.75) is 25.0 Å². The van der Waals surface area contributed by atoms with Crippen molar-refractivity contribution < 1.29 is 33.8 Å². The van der Waals surface area contributed by atoms with E-state index >= 15 is 0 Å². The minimum Gasteiger partial charge on any atom is -0.479 e. The molecule has 9 heteroatoms. The van der Waals surface area contributed by atoms with E-state index in [0.717, 1.165) is 22.3 Å². The number of nitrogens with one attached hydrogen (secondary N) is 2. The van der Waals surface area contributed by atoms with E-state index in [4.69, 9.17) is 14.6 Å². The third kappa shape index (κ3) is 5.19. The standard InChI is InChI=1S/C22H24N2O7/c1-13(29-2)20(21(27)24-31-12-19(25)26)23-22(28)30-11-18-16-9-5-3-7-14(16)15-8-4-6-10-17(15)18/h3-10,13,18,20H,11-12H2,1-2H3,(H,23,28)(H,24,27)(H,25,26)/t13-,20+/m1/s1. The molecule has 31 heavy (non-hydrogen) atoms. The van der Waals surface area contributed by atoms with E-state index in [9.17, 15) is 14.4 Å². The van der Waals surface area contributed by atoms with Crippen molar-refractivity contribution in [2.24, 2.45) is 0 Å². The van der Waals surface area contributed by atoms with Gasteiger partial charge >= 0.3 is 12.1 Å². The van der Waals surface area contributed by atoms with Gasteiger partial charge in [-0.2, -0.15) is 0 Å². The molecule has 1 aliphatic carbocycles. The van der Waals surface area contributed by atoms with Crippen LogP contribution in [0.2, 0.25) is 0 Å². The molecule has 2 amide bonds. The van der Waals surface area contributed by atoms with Crippen LogP contribution in [0.25, 0.3) is 11.1 Å². The topological polar surface area (TPSA) is 123 Å². The summed E-state index contributed by atoms with van der Waals surface area (Å²) in [4.78, 5) is 39.8. The average molecular weight is 428 g/mol. The second kappa shape index (κ2) is 10.1. The Morgan fingerprint density at radius 3 is 2.16 bits per heavy atom. The molecule has 0 unspecified atom stereocenters. The van der Waals surface area contributed by atoms with Gasteiger partial charge in [0.2, 0.25) is 0 Å². The summed E-state index contributed by atoms with van der Waals surface area (Å²) in [5, 5.41) is 11.0. The first kappa shape index (κ1) is 22.3. The number of methoxy groups -OCH3 is 1. The van der Waals surface area contributed by atoms with Crippen molar-refractivity contribution in [1.29, 1.82) is 0 Å². The second-order valence-corrected chi connectivity index (χ2v) is 7.04. The van der Waals surface area contributed by atoms with Gasteiger partial charge in [0.15, 0.2) is 6.61 Å². The lowest BCUT2D eigenvalue weighted by atomic mass is 9.98. The molecule has 3 rings (SSSR count). The first-order valence-electron chi connectivity index (χ1n) is 9.70. The van der Waals surface area contributed by atoms with Gasteiger partial charge in [0, 0.05) is 13.0 Å². The fourth-order valence-electron chi connectivity index (χ4n) is 3.53. The lowest BCUT2D eigenvalue weighted by Crippen LogP contribution is -2.53. The summed E-state index contributed by atoms with van der Waals surface area (Å²) in [6, 6.07) is 14.7. The Morgan fingerprint density at radius 2 is 1.61 bits per heavy atom. The SMILES string of the molecule is CO[C@H](C)[C@H](NC(=O)OCC1c2ccccc2-c2ccccc21)C(=O)NOCC(=O)O. The van der Waals surface area contributed by atoms with Crippen molar-refractivity contribution in [3.8, 4) is 11.1 Å². The molecule has 9 nitrogen and oxygen atoms in total. The molecule has 0 aliphatic heterocycles. The average Bonchev–Trinajstić information content (AvgIpc) is 3.09. The maximum absolute atomic E-state index is 12.4. The number of aliphatic carboxylic acids is 1. The Bertz CT molecular complexity index is 917. The predicted molar refractivity (Wildman–Crippen MR) is 110 cm³/mol. The molecule has 2 aromatic rings. The second-order valence-electron chi connectivity index (χ2n) is 7.04. The van der Waals surface area contributed by atoms with E-state index in [1.54, 1.807) is 6.92 Å². The van der Waals surface area contributed by atoms with Crippen LogP contribution in [0.5, 0.6) is 0 Å². The van der Waals surface area contributed by atoms with Crippen LogP contribution in [0.3, 0.4) is 0 Å². The summed E-state index contributed by atoms with van der Waals surface area (Å²) in [5.41, 5.74) is 6.33. The molecule has 0 bridgehead atoms. The Morgan fingerprint density at radius 1 is 1.03 bits per heavy atom. The maximum atomic E-state index is 12.4. The van der Waals surface area contributed by atoms with Gasteiger partial charge in [-0.15, -0.1) is 0 Å². The number of hydrogen-bond donors (Lipinski definition) is 3. The van der Waals surface area contributed by atoms with Crippen molar-refractivity contribution >= 4 is 18.0 Å². The number of carboxylic acid groups (broad SMARTS) is 1. The number of carbonyl (C=O) groups is 3. The normalized spacial score (nSPS) is 14.1. The number of fused-ring (bicyclic) bond motifs is 3. The Hall–Kier alpha value is -3.43. The molecule has 1 aliphatic rings. The van der Waals surface area contributed by atoms with E-state index < -0.39 is 36.7 Å². The Kier molecular flexibility index (Phi) is 7.22. The molecule has 0 fully saturated rings. The van der Waals surface area contributed by atoms with E-state index in [-0.39, 0.29) is 12.5 Å². The van der Waals surface area contributed by atoms with Crippen LogP contribution >= 0.6 is 0 Å². The molecule has 0 saturated heterocycles. The van der Waals surface area contributed by atoms with Gasteiger partial charge in [-0.3, -0.25) is 9.63 Å². The number of ether oxygens (including phenoxy) is 2. The summed E-state index contributed by atoms with van der Waals surface area (Å²) < 4.78 is 10.6. The zero-order valence-electron chi connectivity index (χ0n) is 17.2. The third-order valence-corrected chi connectivity index (χ3v) is 5.11. The number of alkyl carbamates (subject to hydrolysis) is 1. The van der Waals surface area contributed by atoms with Crippen molar-refractivity contribution in [3.63, 3.8) is 0 Å². The Balaban J connectivity index is 1.64. The van der Waals surface area contributed by atoms with Crippen LogP contribution < -0.4 is 10.8 Å². The minimum atomic E-state index is -1.25. The summed E-state index contributed by atoms with van der Waals surface area (Å²) >= 11 is 0. The summed E-state index contributed by atoms with van der Waals surface area (Å²) in [5.74, 6) is -2.13. The van der Waals surface area contributed by atoms with Gasteiger partial charge in [-0.1, -0.05) is 48.5 Å². The van der Waals surface area contributed by atoms with Crippen LogP contribution in [-0.4, -0.2) is 55.5 Å². The zero-order chi connectivity index (χ0) is 22.4. The number of hydrogen-bond acceptors (Lipinski definition) is 6. The quantitative estimate of drug-likeness (QED) is 0.523. The van der Waals surface area contributed by atoms with Gasteiger partial charge < -0.3 is 19.9 Å². The highest BCUT2D eigenvalue weighted by molar-refractivity contribution is 5.85. The molecule has 0 saturated carbocycles. The molecule has 164 valence electrons. The van der Waals surface area contributed by atoms with Crippen molar-refractivity contribution in [1.82, 2.24) is 10.8 Å². The predicted octanol–water partition coefficient (Wildman–Crippen LogP) is 2.06.